The molecule has 3 saturated carbocycles. The number of carbonyl (C=O) groups is 2. The van der Waals surface area contributed by atoms with E-state index >= 15 is 0 Å². The fraction of sp³-hybridized carbons (Fsp3) is 0.727. The van der Waals surface area contributed by atoms with Gasteiger partial charge in [-0.3, -0.25) is 9.59 Å². The van der Waals surface area contributed by atoms with Crippen LogP contribution in [-0.4, -0.2) is 28.8 Å². The number of hydrogen-bond donors (Lipinski definition) is 2. The van der Waals surface area contributed by atoms with E-state index < -0.39 is 6.10 Å². The van der Waals surface area contributed by atoms with E-state index in [-0.39, 0.29) is 40.3 Å². The second kappa shape index (κ2) is 5.87. The van der Waals surface area contributed by atoms with Crippen molar-refractivity contribution in [3.63, 3.8) is 0 Å². The summed E-state index contributed by atoms with van der Waals surface area (Å²) in [6, 6.07) is -0.100. The Morgan fingerprint density at radius 3 is 2.81 bits per heavy atom. The predicted molar refractivity (Wildman–Crippen MR) is 100 cm³/mol. The van der Waals surface area contributed by atoms with Crippen LogP contribution in [0, 0.1) is 34.5 Å². The lowest BCUT2D eigenvalue weighted by molar-refractivity contribution is -0.139. The van der Waals surface area contributed by atoms with E-state index in [4.69, 9.17) is 5.73 Å². The van der Waals surface area contributed by atoms with Crippen molar-refractivity contribution >= 4 is 11.6 Å². The lowest BCUT2D eigenvalue weighted by atomic mass is 9.46. The molecule has 4 aliphatic rings. The van der Waals surface area contributed by atoms with Crippen molar-refractivity contribution in [2.24, 2.45) is 40.2 Å². The molecule has 0 spiro atoms. The molecule has 4 aliphatic carbocycles. The van der Waals surface area contributed by atoms with Gasteiger partial charge in [-0.25, -0.2) is 0 Å². The molecule has 3 fully saturated rings. The second-order valence-electron chi connectivity index (χ2n) is 9.50. The molecule has 4 nitrogen and oxygen atoms in total. The van der Waals surface area contributed by atoms with Crippen molar-refractivity contribution in [3.05, 3.63) is 23.8 Å². The summed E-state index contributed by atoms with van der Waals surface area (Å²) in [4.78, 5) is 24.5. The maximum absolute atomic E-state index is 12.7. The highest BCUT2D eigenvalue weighted by atomic mass is 16.3. The molecule has 0 bridgehead atoms. The maximum atomic E-state index is 12.7. The van der Waals surface area contributed by atoms with Crippen molar-refractivity contribution < 1.29 is 14.7 Å². The minimum absolute atomic E-state index is 0.0579. The molecule has 0 aliphatic heterocycles. The first-order chi connectivity index (χ1) is 12.2. The van der Waals surface area contributed by atoms with Gasteiger partial charge < -0.3 is 10.8 Å². The summed E-state index contributed by atoms with van der Waals surface area (Å²) in [5.41, 5.74) is 7.18. The molecular weight excluding hydrogens is 326 g/mol. The van der Waals surface area contributed by atoms with E-state index in [9.17, 15) is 14.7 Å². The number of carbonyl (C=O) groups excluding carboxylic acids is 2. The number of rotatable bonds is 2. The van der Waals surface area contributed by atoms with Gasteiger partial charge in [0.15, 0.2) is 5.78 Å². The smallest absolute Gasteiger partial charge is 0.178 e. The van der Waals surface area contributed by atoms with Crippen molar-refractivity contribution in [1.29, 1.82) is 0 Å². The first-order valence-electron chi connectivity index (χ1n) is 10.1. The molecular formula is C22H31NO3. The Balaban J connectivity index is 1.74. The topological polar surface area (TPSA) is 80.4 Å². The molecule has 4 rings (SSSR count). The van der Waals surface area contributed by atoms with Crippen LogP contribution in [0.3, 0.4) is 0 Å². The quantitative estimate of drug-likeness (QED) is 0.796. The molecule has 4 heteroatoms. The Morgan fingerprint density at radius 2 is 2.12 bits per heavy atom. The molecule has 0 aromatic heterocycles. The fourth-order valence-corrected chi connectivity index (χ4v) is 7.25. The third kappa shape index (κ3) is 2.27. The van der Waals surface area contributed by atoms with Crippen LogP contribution < -0.4 is 5.73 Å². The van der Waals surface area contributed by atoms with Crippen LogP contribution in [0.2, 0.25) is 0 Å². The van der Waals surface area contributed by atoms with Gasteiger partial charge in [-0.15, -0.1) is 0 Å². The first-order valence-corrected chi connectivity index (χ1v) is 10.1. The van der Waals surface area contributed by atoms with Crippen molar-refractivity contribution in [1.82, 2.24) is 0 Å². The van der Waals surface area contributed by atoms with Gasteiger partial charge in [0.2, 0.25) is 0 Å². The summed E-state index contributed by atoms with van der Waals surface area (Å²) in [5.74, 6) is 0.996. The molecule has 0 amide bonds. The molecule has 8 atom stereocenters. The molecule has 0 aromatic carbocycles. The van der Waals surface area contributed by atoms with Gasteiger partial charge in [-0.05, 0) is 55.1 Å². The van der Waals surface area contributed by atoms with Gasteiger partial charge in [0.1, 0.15) is 5.78 Å². The molecule has 6 unspecified atom stereocenters. The van der Waals surface area contributed by atoms with Crippen LogP contribution in [0.25, 0.3) is 0 Å². The zero-order valence-electron chi connectivity index (χ0n) is 16.1. The van der Waals surface area contributed by atoms with Gasteiger partial charge in [-0.2, -0.15) is 0 Å². The van der Waals surface area contributed by atoms with Crippen LogP contribution in [0.1, 0.15) is 52.9 Å². The number of aliphatic hydroxyl groups is 1. The van der Waals surface area contributed by atoms with E-state index in [1.807, 2.05) is 13.0 Å². The Hall–Kier alpha value is -1.26. The van der Waals surface area contributed by atoms with Crippen molar-refractivity contribution in [2.45, 2.75) is 65.0 Å². The average Bonchev–Trinajstić information content (AvgIpc) is 2.84. The van der Waals surface area contributed by atoms with Crippen molar-refractivity contribution in [3.8, 4) is 0 Å². The Labute approximate surface area is 155 Å². The van der Waals surface area contributed by atoms with Crippen LogP contribution in [-0.2, 0) is 9.59 Å². The number of fused-ring (bicyclic) bond motifs is 5. The highest BCUT2D eigenvalue weighted by molar-refractivity contribution is 6.01. The molecule has 0 radical (unpaired) electrons. The summed E-state index contributed by atoms with van der Waals surface area (Å²) >= 11 is 0. The highest BCUT2D eigenvalue weighted by Gasteiger charge is 2.64. The summed E-state index contributed by atoms with van der Waals surface area (Å²) in [7, 11) is 0. The number of nitrogens with two attached hydrogens (primary N) is 1. The lowest BCUT2D eigenvalue weighted by Gasteiger charge is -2.58. The van der Waals surface area contributed by atoms with Gasteiger partial charge in [0, 0.05) is 29.7 Å². The summed E-state index contributed by atoms with van der Waals surface area (Å²) in [6.45, 7) is 6.28. The Kier molecular flexibility index (Phi) is 4.09. The Bertz CT molecular complexity index is 710. The molecule has 142 valence electrons. The number of aliphatic hydroxyl groups excluding tert-OH is 1. The van der Waals surface area contributed by atoms with Gasteiger partial charge in [-0.1, -0.05) is 32.4 Å². The summed E-state index contributed by atoms with van der Waals surface area (Å²) in [6.07, 6.45) is 8.89. The third-order valence-corrected chi connectivity index (χ3v) is 8.29. The molecule has 0 saturated heterocycles. The van der Waals surface area contributed by atoms with E-state index in [2.05, 4.69) is 13.8 Å². The molecule has 3 N–H and O–H groups in total. The van der Waals surface area contributed by atoms with E-state index in [0.29, 0.717) is 24.7 Å². The number of allylic oxidation sites excluding steroid dienone is 4. The van der Waals surface area contributed by atoms with Crippen LogP contribution in [0.4, 0.5) is 0 Å². The largest absolute Gasteiger partial charge is 0.393 e. The van der Waals surface area contributed by atoms with Crippen LogP contribution in [0.15, 0.2) is 23.8 Å². The van der Waals surface area contributed by atoms with Gasteiger partial charge >= 0.3 is 0 Å². The standard InChI is InChI=1S/C22H31NO3/c1-4-17(25)20-16(23)10-15-14-6-5-12-9-13(24)7-8-21(12,2)19(14)18(26)11-22(15,20)3/h7-9,14-16,18-20,26H,4-6,10-11,23H2,1-3H3/t14?,15?,16-,18?,19?,20?,21?,22-/m0/s1. The first kappa shape index (κ1) is 18.1. The van der Waals surface area contributed by atoms with E-state index in [0.717, 1.165) is 24.8 Å². The fourth-order valence-electron chi connectivity index (χ4n) is 7.25. The minimum atomic E-state index is -0.467. The minimum Gasteiger partial charge on any atom is -0.393 e. The SMILES string of the molecule is CCC(=O)C1[C@@H](N)CC2C3CCC4=CC(=O)C=CC4(C)C3C(O)C[C@@]21C. The highest BCUT2D eigenvalue weighted by Crippen LogP contribution is 2.65. The van der Waals surface area contributed by atoms with Gasteiger partial charge in [0.25, 0.3) is 0 Å². The number of Topliss-reactive ketones (excluding diaryl/α,β-unsaturated/α-hetero) is 1. The van der Waals surface area contributed by atoms with E-state index in [1.54, 1.807) is 12.2 Å². The summed E-state index contributed by atoms with van der Waals surface area (Å²) in [5, 5.41) is 11.2. The maximum Gasteiger partial charge on any atom is 0.178 e. The van der Waals surface area contributed by atoms with Crippen LogP contribution in [0.5, 0.6) is 0 Å². The van der Waals surface area contributed by atoms with Crippen LogP contribution >= 0.6 is 0 Å². The Morgan fingerprint density at radius 1 is 1.38 bits per heavy atom. The molecule has 0 aromatic rings. The zero-order valence-corrected chi connectivity index (χ0v) is 16.1. The van der Waals surface area contributed by atoms with Gasteiger partial charge in [0.05, 0.1) is 6.10 Å². The van der Waals surface area contributed by atoms with E-state index in [1.165, 1.54) is 0 Å². The normalized spacial score (nSPS) is 49.9. The lowest BCUT2D eigenvalue weighted by Crippen LogP contribution is -2.56. The molecule has 26 heavy (non-hydrogen) atoms. The monoisotopic (exact) mass is 357 g/mol. The molecule has 0 heterocycles. The average molecular weight is 357 g/mol. The summed E-state index contributed by atoms with van der Waals surface area (Å²) < 4.78 is 0. The second-order valence-corrected chi connectivity index (χ2v) is 9.50. The number of hydrogen-bond acceptors (Lipinski definition) is 4. The zero-order chi connectivity index (χ0) is 18.9. The number of ketones is 2. The predicted octanol–water partition coefficient (Wildman–Crippen LogP) is 2.80. The third-order valence-electron chi connectivity index (χ3n) is 8.29. The van der Waals surface area contributed by atoms with Crippen molar-refractivity contribution in [2.75, 3.05) is 0 Å².